The number of methoxy groups -OCH3 is 1. The predicted octanol–water partition coefficient (Wildman–Crippen LogP) is -0.547. The van der Waals surface area contributed by atoms with Crippen LogP contribution in [0.1, 0.15) is 12.8 Å². The van der Waals surface area contributed by atoms with Gasteiger partial charge in [0, 0.05) is 39.8 Å². The highest BCUT2D eigenvalue weighted by Crippen LogP contribution is 1.86. The fourth-order valence-electron chi connectivity index (χ4n) is 1.07. The topological polar surface area (TPSA) is 61.8 Å². The molecule has 90 valence electrons. The van der Waals surface area contributed by atoms with Gasteiger partial charge in [-0.15, -0.1) is 0 Å². The number of likely N-dealkylation sites (N-methyl/N-ethyl adjacent to an activating group) is 1. The number of ether oxygens (including phenoxy) is 1. The van der Waals surface area contributed by atoms with E-state index in [2.05, 4.69) is 10.2 Å². The maximum absolute atomic E-state index is 11.1. The summed E-state index contributed by atoms with van der Waals surface area (Å²) in [5, 5.41) is 11.3. The average molecular weight is 218 g/mol. The molecule has 0 bridgehead atoms. The third-order valence-corrected chi connectivity index (χ3v) is 2.05. The molecule has 0 fully saturated rings. The summed E-state index contributed by atoms with van der Waals surface area (Å²) in [7, 11) is 3.66. The number of hydrogen-bond donors (Lipinski definition) is 2. The van der Waals surface area contributed by atoms with E-state index < -0.39 is 0 Å². The highest BCUT2D eigenvalue weighted by molar-refractivity contribution is 5.75. The first-order valence-corrected chi connectivity index (χ1v) is 5.25. The maximum atomic E-state index is 11.1. The normalized spacial score (nSPS) is 10.7. The van der Waals surface area contributed by atoms with E-state index in [-0.39, 0.29) is 12.5 Å². The highest BCUT2D eigenvalue weighted by atomic mass is 16.5. The van der Waals surface area contributed by atoms with Crippen LogP contribution in [-0.2, 0) is 9.53 Å². The third-order valence-electron chi connectivity index (χ3n) is 2.05. The minimum Gasteiger partial charge on any atom is -0.396 e. The Hall–Kier alpha value is -0.650. The molecule has 0 aliphatic carbocycles. The van der Waals surface area contributed by atoms with Crippen molar-refractivity contribution < 1.29 is 14.6 Å². The first-order chi connectivity index (χ1) is 7.20. The molecule has 0 aromatic carbocycles. The largest absolute Gasteiger partial charge is 0.396 e. The second-order valence-corrected chi connectivity index (χ2v) is 3.47. The van der Waals surface area contributed by atoms with Crippen LogP contribution >= 0.6 is 0 Å². The average Bonchev–Trinajstić information content (AvgIpc) is 2.23. The Kier molecular flexibility index (Phi) is 9.46. The lowest BCUT2D eigenvalue weighted by atomic mass is 10.3. The lowest BCUT2D eigenvalue weighted by molar-refractivity contribution is -0.121. The number of rotatable bonds is 9. The summed E-state index contributed by atoms with van der Waals surface area (Å²) >= 11 is 0. The monoisotopic (exact) mass is 218 g/mol. The van der Waals surface area contributed by atoms with Crippen molar-refractivity contribution in [1.29, 1.82) is 0 Å². The summed E-state index contributed by atoms with van der Waals surface area (Å²) in [4.78, 5) is 13.2. The molecule has 0 spiro atoms. The van der Waals surface area contributed by atoms with Gasteiger partial charge in [-0.3, -0.25) is 4.79 Å². The fraction of sp³-hybridized carbons (Fsp3) is 0.900. The van der Waals surface area contributed by atoms with E-state index in [9.17, 15) is 4.79 Å². The van der Waals surface area contributed by atoms with Crippen LogP contribution in [0.25, 0.3) is 0 Å². The van der Waals surface area contributed by atoms with Crippen molar-refractivity contribution in [2.24, 2.45) is 0 Å². The number of nitrogens with one attached hydrogen (secondary N) is 1. The van der Waals surface area contributed by atoms with Crippen LogP contribution < -0.4 is 5.32 Å². The molecule has 0 aromatic heterocycles. The molecule has 0 saturated carbocycles. The van der Waals surface area contributed by atoms with Crippen LogP contribution in [0, 0.1) is 0 Å². The van der Waals surface area contributed by atoms with Crippen molar-refractivity contribution in [2.75, 3.05) is 47.0 Å². The third kappa shape index (κ3) is 9.65. The Bertz CT molecular complexity index is 165. The molecular formula is C10H22N2O3. The quantitative estimate of drug-likeness (QED) is 0.545. The number of aliphatic hydroxyl groups is 1. The first-order valence-electron chi connectivity index (χ1n) is 5.25. The molecule has 5 nitrogen and oxygen atoms in total. The Balaban J connectivity index is 3.31. The van der Waals surface area contributed by atoms with Gasteiger partial charge in [0.15, 0.2) is 0 Å². The van der Waals surface area contributed by atoms with E-state index in [0.717, 1.165) is 13.1 Å². The minimum atomic E-state index is 0.00388. The number of aliphatic hydroxyl groups excluding tert-OH is 1. The smallest absolute Gasteiger partial charge is 0.220 e. The van der Waals surface area contributed by atoms with Crippen molar-refractivity contribution in [1.82, 2.24) is 10.2 Å². The van der Waals surface area contributed by atoms with E-state index in [4.69, 9.17) is 9.84 Å². The van der Waals surface area contributed by atoms with Gasteiger partial charge in [-0.05, 0) is 13.5 Å². The second kappa shape index (κ2) is 9.89. The summed E-state index contributed by atoms with van der Waals surface area (Å²) in [6.45, 7) is 3.10. The standard InChI is InChI=1S/C10H22N2O3/c1-12(7-9-15-2)6-5-11-10(14)4-3-8-13/h13H,3-9H2,1-2H3,(H,11,14). The summed E-state index contributed by atoms with van der Waals surface area (Å²) < 4.78 is 4.94. The SMILES string of the molecule is COCCN(C)CCNC(=O)CCCO. The van der Waals surface area contributed by atoms with Gasteiger partial charge in [0.1, 0.15) is 0 Å². The van der Waals surface area contributed by atoms with Crippen molar-refractivity contribution in [3.63, 3.8) is 0 Å². The number of carbonyl (C=O) groups is 1. The van der Waals surface area contributed by atoms with Gasteiger partial charge in [0.05, 0.1) is 6.61 Å². The number of nitrogens with zero attached hydrogens (tertiary/aromatic N) is 1. The number of hydrogen-bond acceptors (Lipinski definition) is 4. The van der Waals surface area contributed by atoms with Gasteiger partial charge >= 0.3 is 0 Å². The van der Waals surface area contributed by atoms with Gasteiger partial charge in [-0.2, -0.15) is 0 Å². The van der Waals surface area contributed by atoms with E-state index in [0.29, 0.717) is 26.0 Å². The van der Waals surface area contributed by atoms with E-state index >= 15 is 0 Å². The molecule has 0 aliphatic rings. The Morgan fingerprint density at radius 2 is 2.20 bits per heavy atom. The molecule has 1 amide bonds. The summed E-state index contributed by atoms with van der Waals surface area (Å²) in [6.07, 6.45) is 0.934. The van der Waals surface area contributed by atoms with Crippen LogP contribution in [0.2, 0.25) is 0 Å². The van der Waals surface area contributed by atoms with Crippen LogP contribution in [0.4, 0.5) is 0 Å². The molecule has 0 saturated heterocycles. The lowest BCUT2D eigenvalue weighted by Crippen LogP contribution is -2.34. The molecule has 15 heavy (non-hydrogen) atoms. The van der Waals surface area contributed by atoms with Gasteiger partial charge in [-0.1, -0.05) is 0 Å². The van der Waals surface area contributed by atoms with Gasteiger partial charge in [-0.25, -0.2) is 0 Å². The summed E-state index contributed by atoms with van der Waals surface area (Å²) in [5.74, 6) is 0.00388. The van der Waals surface area contributed by atoms with Crippen molar-refractivity contribution >= 4 is 5.91 Å². The molecule has 0 atom stereocenters. The molecule has 0 radical (unpaired) electrons. The van der Waals surface area contributed by atoms with Gasteiger partial charge in [0.25, 0.3) is 0 Å². The lowest BCUT2D eigenvalue weighted by Gasteiger charge is -2.16. The number of amides is 1. The zero-order valence-corrected chi connectivity index (χ0v) is 9.66. The Morgan fingerprint density at radius 3 is 2.80 bits per heavy atom. The van der Waals surface area contributed by atoms with Gasteiger partial charge < -0.3 is 20.1 Å². The van der Waals surface area contributed by atoms with E-state index in [1.54, 1.807) is 7.11 Å². The molecule has 0 heterocycles. The Labute approximate surface area is 91.4 Å². The van der Waals surface area contributed by atoms with Crippen LogP contribution in [0.3, 0.4) is 0 Å². The van der Waals surface area contributed by atoms with Crippen molar-refractivity contribution in [3.8, 4) is 0 Å². The van der Waals surface area contributed by atoms with Crippen molar-refractivity contribution in [3.05, 3.63) is 0 Å². The van der Waals surface area contributed by atoms with E-state index in [1.807, 2.05) is 7.05 Å². The van der Waals surface area contributed by atoms with Crippen LogP contribution in [0.15, 0.2) is 0 Å². The van der Waals surface area contributed by atoms with Gasteiger partial charge in [0.2, 0.25) is 5.91 Å². The first kappa shape index (κ1) is 14.3. The zero-order chi connectivity index (χ0) is 11.5. The molecule has 0 aromatic rings. The van der Waals surface area contributed by atoms with E-state index in [1.165, 1.54) is 0 Å². The molecular weight excluding hydrogens is 196 g/mol. The second-order valence-electron chi connectivity index (χ2n) is 3.47. The number of carbonyl (C=O) groups excluding carboxylic acids is 1. The highest BCUT2D eigenvalue weighted by Gasteiger charge is 2.01. The fourth-order valence-corrected chi connectivity index (χ4v) is 1.07. The van der Waals surface area contributed by atoms with Crippen LogP contribution in [0.5, 0.6) is 0 Å². The maximum Gasteiger partial charge on any atom is 0.220 e. The summed E-state index contributed by atoms with van der Waals surface area (Å²) in [5.41, 5.74) is 0. The molecule has 0 aliphatic heterocycles. The van der Waals surface area contributed by atoms with Crippen molar-refractivity contribution in [2.45, 2.75) is 12.8 Å². The zero-order valence-electron chi connectivity index (χ0n) is 9.66. The molecule has 0 unspecified atom stereocenters. The molecule has 5 heteroatoms. The molecule has 0 rings (SSSR count). The minimum absolute atomic E-state index is 0.00388. The Morgan fingerprint density at radius 1 is 1.47 bits per heavy atom. The predicted molar refractivity (Wildman–Crippen MR) is 58.7 cm³/mol. The molecule has 2 N–H and O–H groups in total. The summed E-state index contributed by atoms with van der Waals surface area (Å²) in [6, 6.07) is 0. The van der Waals surface area contributed by atoms with Crippen LogP contribution in [-0.4, -0.2) is 62.9 Å².